The van der Waals surface area contributed by atoms with Crippen molar-refractivity contribution in [3.63, 3.8) is 0 Å². The lowest BCUT2D eigenvalue weighted by molar-refractivity contribution is 0.534. The highest BCUT2D eigenvalue weighted by Gasteiger charge is 2.11. The van der Waals surface area contributed by atoms with Gasteiger partial charge in [0.2, 0.25) is 0 Å². The van der Waals surface area contributed by atoms with Gasteiger partial charge < -0.3 is 5.32 Å². The van der Waals surface area contributed by atoms with E-state index in [1.165, 1.54) is 0 Å². The molecule has 0 aromatic heterocycles. The van der Waals surface area contributed by atoms with E-state index in [0.29, 0.717) is 16.8 Å². The van der Waals surface area contributed by atoms with Crippen LogP contribution in [0.4, 0.5) is 0 Å². The minimum atomic E-state index is -0.974. The maximum Gasteiger partial charge on any atom is 0.0545 e. The van der Waals surface area contributed by atoms with E-state index in [1.54, 1.807) is 12.1 Å². The molecule has 0 spiro atoms. The summed E-state index contributed by atoms with van der Waals surface area (Å²) >= 11 is 5.89. The summed E-state index contributed by atoms with van der Waals surface area (Å²) in [5, 5.41) is 4.05. The Labute approximate surface area is 111 Å². The summed E-state index contributed by atoms with van der Waals surface area (Å²) in [7, 11) is -0.974. The van der Waals surface area contributed by atoms with Gasteiger partial charge in [-0.3, -0.25) is 4.21 Å². The van der Waals surface area contributed by atoms with Gasteiger partial charge in [0.1, 0.15) is 0 Å². The summed E-state index contributed by atoms with van der Waals surface area (Å²) in [6.45, 7) is 5.22. The van der Waals surface area contributed by atoms with Crippen molar-refractivity contribution >= 4 is 22.4 Å². The zero-order valence-electron chi connectivity index (χ0n) is 10.4. The maximum absolute atomic E-state index is 12.1. The van der Waals surface area contributed by atoms with Crippen LogP contribution in [0.5, 0.6) is 0 Å². The lowest BCUT2D eigenvalue weighted by Crippen LogP contribution is -2.34. The van der Waals surface area contributed by atoms with Crippen LogP contribution in [-0.4, -0.2) is 22.5 Å². The molecule has 0 amide bonds. The Bertz CT molecular complexity index is 370. The minimum absolute atomic E-state index is 0.315. The Morgan fingerprint density at radius 3 is 2.76 bits per heavy atom. The zero-order valence-corrected chi connectivity index (χ0v) is 12.0. The number of halogens is 1. The van der Waals surface area contributed by atoms with E-state index in [1.807, 2.05) is 12.1 Å². The second-order valence-corrected chi connectivity index (χ2v) is 5.96. The number of hydrogen-bond acceptors (Lipinski definition) is 2. The molecule has 1 aromatic carbocycles. The van der Waals surface area contributed by atoms with Crippen LogP contribution >= 0.6 is 11.6 Å². The molecule has 1 N–H and O–H groups in total. The number of rotatable bonds is 7. The summed E-state index contributed by atoms with van der Waals surface area (Å²) in [6, 6.07) is 7.61. The summed E-state index contributed by atoms with van der Waals surface area (Å²) in [5.74, 6) is 0.650. The summed E-state index contributed by atoms with van der Waals surface area (Å²) < 4.78 is 12.1. The number of hydrogen-bond donors (Lipinski definition) is 1. The van der Waals surface area contributed by atoms with Crippen LogP contribution < -0.4 is 5.32 Å². The van der Waals surface area contributed by atoms with Gasteiger partial charge in [-0.1, -0.05) is 31.5 Å². The van der Waals surface area contributed by atoms with Crippen molar-refractivity contribution in [1.82, 2.24) is 5.32 Å². The van der Waals surface area contributed by atoms with Gasteiger partial charge in [-0.25, -0.2) is 0 Å². The van der Waals surface area contributed by atoms with Crippen LogP contribution in [0, 0.1) is 0 Å². The van der Waals surface area contributed by atoms with E-state index in [4.69, 9.17) is 11.6 Å². The molecule has 0 aliphatic carbocycles. The lowest BCUT2D eigenvalue weighted by Gasteiger charge is -2.16. The fraction of sp³-hybridized carbons (Fsp3) is 0.538. The predicted octanol–water partition coefficient (Wildman–Crippen LogP) is 3.23. The highest BCUT2D eigenvalue weighted by Crippen LogP contribution is 2.15. The molecule has 0 aliphatic rings. The van der Waals surface area contributed by atoms with Gasteiger partial charge >= 0.3 is 0 Å². The largest absolute Gasteiger partial charge is 0.313 e. The standard InChI is InChI=1S/C13H20ClNOS/c1-3-8-15-12(4-2)10-17(16)13-7-5-6-11(14)9-13/h5-7,9,12,15H,3-4,8,10H2,1-2H3. The second-order valence-electron chi connectivity index (χ2n) is 4.03. The smallest absolute Gasteiger partial charge is 0.0545 e. The summed E-state index contributed by atoms with van der Waals surface area (Å²) in [6.07, 6.45) is 2.09. The van der Waals surface area contributed by atoms with Crippen molar-refractivity contribution in [2.24, 2.45) is 0 Å². The molecule has 2 atom stereocenters. The van der Waals surface area contributed by atoms with Crippen LogP contribution in [0.3, 0.4) is 0 Å². The van der Waals surface area contributed by atoms with Crippen molar-refractivity contribution in [3.05, 3.63) is 29.3 Å². The maximum atomic E-state index is 12.1. The van der Waals surface area contributed by atoms with Gasteiger partial charge in [0, 0.05) is 21.7 Å². The van der Waals surface area contributed by atoms with Gasteiger partial charge in [0.25, 0.3) is 0 Å². The molecule has 0 aliphatic heterocycles. The quantitative estimate of drug-likeness (QED) is 0.826. The lowest BCUT2D eigenvalue weighted by atomic mass is 10.2. The first-order valence-corrected chi connectivity index (χ1v) is 7.74. The molecular formula is C13H20ClNOS. The Balaban J connectivity index is 2.58. The molecule has 1 rings (SSSR count). The van der Waals surface area contributed by atoms with Crippen LogP contribution in [0.25, 0.3) is 0 Å². The van der Waals surface area contributed by atoms with Crippen molar-refractivity contribution < 1.29 is 4.21 Å². The Kier molecular flexibility index (Phi) is 6.78. The third-order valence-corrected chi connectivity index (χ3v) is 4.31. The zero-order chi connectivity index (χ0) is 12.7. The van der Waals surface area contributed by atoms with Crippen LogP contribution in [-0.2, 0) is 10.8 Å². The molecule has 0 heterocycles. The Morgan fingerprint density at radius 2 is 2.18 bits per heavy atom. The van der Waals surface area contributed by atoms with Gasteiger partial charge in [-0.15, -0.1) is 0 Å². The summed E-state index contributed by atoms with van der Waals surface area (Å²) in [5.41, 5.74) is 0. The van der Waals surface area contributed by atoms with Crippen LogP contribution in [0.2, 0.25) is 5.02 Å². The van der Waals surface area contributed by atoms with Crippen LogP contribution in [0.15, 0.2) is 29.2 Å². The van der Waals surface area contributed by atoms with E-state index in [2.05, 4.69) is 19.2 Å². The number of nitrogens with one attached hydrogen (secondary N) is 1. The summed E-state index contributed by atoms with van der Waals surface area (Å²) in [4.78, 5) is 0.814. The third-order valence-electron chi connectivity index (χ3n) is 2.59. The molecule has 2 unspecified atom stereocenters. The first-order valence-electron chi connectivity index (χ1n) is 6.04. The Hall–Kier alpha value is -0.380. The second kappa shape index (κ2) is 7.85. The fourth-order valence-electron chi connectivity index (χ4n) is 1.56. The van der Waals surface area contributed by atoms with Crippen molar-refractivity contribution in [2.75, 3.05) is 12.3 Å². The van der Waals surface area contributed by atoms with Crippen molar-refractivity contribution in [2.45, 2.75) is 37.6 Å². The van der Waals surface area contributed by atoms with Crippen molar-refractivity contribution in [1.29, 1.82) is 0 Å². The van der Waals surface area contributed by atoms with Crippen LogP contribution in [0.1, 0.15) is 26.7 Å². The molecule has 0 saturated heterocycles. The average Bonchev–Trinajstić information content (AvgIpc) is 2.34. The predicted molar refractivity (Wildman–Crippen MR) is 75.1 cm³/mol. The monoisotopic (exact) mass is 273 g/mol. The van der Waals surface area contributed by atoms with Gasteiger partial charge in [-0.2, -0.15) is 0 Å². The molecule has 0 bridgehead atoms. The minimum Gasteiger partial charge on any atom is -0.313 e. The molecule has 0 fully saturated rings. The molecule has 1 aromatic rings. The van der Waals surface area contributed by atoms with E-state index >= 15 is 0 Å². The molecule has 0 saturated carbocycles. The molecule has 4 heteroatoms. The van der Waals surface area contributed by atoms with Gasteiger partial charge in [0.15, 0.2) is 0 Å². The molecular weight excluding hydrogens is 254 g/mol. The molecule has 2 nitrogen and oxygen atoms in total. The fourth-order valence-corrected chi connectivity index (χ4v) is 3.21. The van der Waals surface area contributed by atoms with E-state index in [0.717, 1.165) is 24.3 Å². The van der Waals surface area contributed by atoms with E-state index in [9.17, 15) is 4.21 Å². The normalized spacial score (nSPS) is 14.5. The topological polar surface area (TPSA) is 29.1 Å². The third kappa shape index (κ3) is 5.19. The number of benzene rings is 1. The highest BCUT2D eigenvalue weighted by atomic mass is 35.5. The van der Waals surface area contributed by atoms with Gasteiger partial charge in [-0.05, 0) is 37.6 Å². The first kappa shape index (κ1) is 14.7. The molecule has 17 heavy (non-hydrogen) atoms. The average molecular weight is 274 g/mol. The highest BCUT2D eigenvalue weighted by molar-refractivity contribution is 7.85. The Morgan fingerprint density at radius 1 is 1.41 bits per heavy atom. The molecule has 0 radical (unpaired) electrons. The SMILES string of the molecule is CCCNC(CC)CS(=O)c1cccc(Cl)c1. The van der Waals surface area contributed by atoms with Gasteiger partial charge in [0.05, 0.1) is 10.8 Å². The van der Waals surface area contributed by atoms with E-state index in [-0.39, 0.29) is 0 Å². The first-order chi connectivity index (χ1) is 8.17. The van der Waals surface area contributed by atoms with Crippen molar-refractivity contribution in [3.8, 4) is 0 Å². The molecule has 96 valence electrons. The van der Waals surface area contributed by atoms with E-state index < -0.39 is 10.8 Å².